The van der Waals surface area contributed by atoms with E-state index in [9.17, 15) is 9.59 Å². The van der Waals surface area contributed by atoms with E-state index in [2.05, 4.69) is 17.0 Å². The van der Waals surface area contributed by atoms with Crippen molar-refractivity contribution in [2.24, 2.45) is 0 Å². The van der Waals surface area contributed by atoms with Gasteiger partial charge in [-0.1, -0.05) is 0 Å². The number of carbonyl (C=O) groups excluding carboxylic acids is 2. The second kappa shape index (κ2) is 8.03. The molecule has 0 saturated carbocycles. The highest BCUT2D eigenvalue weighted by Crippen LogP contribution is 2.33. The number of hydrogen-bond acceptors (Lipinski definition) is 5. The maximum absolute atomic E-state index is 12.0. The summed E-state index contributed by atoms with van der Waals surface area (Å²) in [7, 11) is 1.54. The predicted molar refractivity (Wildman–Crippen MR) is 99.0 cm³/mol. The summed E-state index contributed by atoms with van der Waals surface area (Å²) in [4.78, 5) is 34.6. The lowest BCUT2D eigenvalue weighted by atomic mass is 10.1. The molecule has 0 bridgehead atoms. The van der Waals surface area contributed by atoms with Crippen LogP contribution in [-0.4, -0.2) is 73.0 Å². The van der Waals surface area contributed by atoms with Gasteiger partial charge in [0.1, 0.15) is 6.61 Å². The number of carbonyl (C=O) groups is 2. The summed E-state index contributed by atoms with van der Waals surface area (Å²) in [6.07, 6.45) is 1.99. The molecular formula is C19H28N4O3. The number of aromatic nitrogens is 1. The lowest BCUT2D eigenvalue weighted by molar-refractivity contribution is -0.135. The molecule has 2 aliphatic heterocycles. The number of rotatable bonds is 4. The summed E-state index contributed by atoms with van der Waals surface area (Å²) in [6.45, 7) is 7.55. The lowest BCUT2D eigenvalue weighted by Crippen LogP contribution is -2.49. The number of amides is 2. The van der Waals surface area contributed by atoms with Gasteiger partial charge in [0.15, 0.2) is 0 Å². The van der Waals surface area contributed by atoms with Crippen LogP contribution in [0.5, 0.6) is 0 Å². The number of aryl methyl sites for hydroxylation is 1. The van der Waals surface area contributed by atoms with Crippen molar-refractivity contribution in [2.45, 2.75) is 32.7 Å². The summed E-state index contributed by atoms with van der Waals surface area (Å²) in [5.74, 6) is 0.157. The number of pyridine rings is 1. The molecule has 1 atom stereocenters. The van der Waals surface area contributed by atoms with Gasteiger partial charge >= 0.3 is 0 Å². The first-order valence-electron chi connectivity index (χ1n) is 9.27. The molecule has 0 aromatic carbocycles. The number of nitrogens with zero attached hydrogens (tertiary/aromatic N) is 4. The number of hydrogen-bond donors (Lipinski definition) is 0. The molecule has 0 radical (unpaired) electrons. The number of methoxy groups -OCH3 is 1. The van der Waals surface area contributed by atoms with Crippen molar-refractivity contribution in [1.29, 1.82) is 0 Å². The molecule has 0 N–H and O–H groups in total. The summed E-state index contributed by atoms with van der Waals surface area (Å²) in [5.41, 5.74) is 3.07. The molecule has 2 amide bonds. The maximum Gasteiger partial charge on any atom is 0.248 e. The fourth-order valence-electron chi connectivity index (χ4n) is 3.91. The topological polar surface area (TPSA) is 66.0 Å². The molecule has 2 aliphatic rings. The normalized spacial score (nSPS) is 20.6. The largest absolute Gasteiger partial charge is 0.375 e. The van der Waals surface area contributed by atoms with Crippen molar-refractivity contribution in [3.63, 3.8) is 0 Å². The van der Waals surface area contributed by atoms with E-state index in [0.29, 0.717) is 13.1 Å². The number of piperazine rings is 1. The Morgan fingerprint density at radius 2 is 1.92 bits per heavy atom. The van der Waals surface area contributed by atoms with Gasteiger partial charge in [-0.15, -0.1) is 0 Å². The molecule has 3 rings (SSSR count). The molecule has 1 unspecified atom stereocenters. The van der Waals surface area contributed by atoms with Gasteiger partial charge in [-0.25, -0.2) is 0 Å². The summed E-state index contributed by atoms with van der Waals surface area (Å²) >= 11 is 0. The van der Waals surface area contributed by atoms with Crippen molar-refractivity contribution < 1.29 is 14.3 Å². The maximum atomic E-state index is 12.0. The number of anilines is 1. The van der Waals surface area contributed by atoms with Gasteiger partial charge in [0.2, 0.25) is 11.8 Å². The third-order valence-corrected chi connectivity index (χ3v) is 5.22. The van der Waals surface area contributed by atoms with Crippen molar-refractivity contribution in [2.75, 3.05) is 51.3 Å². The smallest absolute Gasteiger partial charge is 0.248 e. The van der Waals surface area contributed by atoms with Crippen LogP contribution in [0.25, 0.3) is 0 Å². The Labute approximate surface area is 154 Å². The van der Waals surface area contributed by atoms with Gasteiger partial charge in [-0.3, -0.25) is 14.6 Å². The van der Waals surface area contributed by atoms with Gasteiger partial charge in [0.05, 0.1) is 11.7 Å². The van der Waals surface area contributed by atoms with E-state index >= 15 is 0 Å². The summed E-state index contributed by atoms with van der Waals surface area (Å²) in [5, 5.41) is 0. The Hall–Kier alpha value is -2.15. The zero-order chi connectivity index (χ0) is 18.7. The van der Waals surface area contributed by atoms with Crippen molar-refractivity contribution in [1.82, 2.24) is 14.8 Å². The van der Waals surface area contributed by atoms with E-state index in [1.807, 2.05) is 16.7 Å². The second-order valence-corrected chi connectivity index (χ2v) is 7.06. The van der Waals surface area contributed by atoms with Crippen LogP contribution in [0.4, 0.5) is 5.69 Å². The highest BCUT2D eigenvalue weighted by molar-refractivity contribution is 5.77. The minimum atomic E-state index is 0.0433. The Bertz CT molecular complexity index is 671. The molecule has 142 valence electrons. The monoisotopic (exact) mass is 360 g/mol. The van der Waals surface area contributed by atoms with E-state index < -0.39 is 0 Å². The van der Waals surface area contributed by atoms with E-state index in [1.165, 1.54) is 0 Å². The highest BCUT2D eigenvalue weighted by atomic mass is 16.5. The zero-order valence-corrected chi connectivity index (χ0v) is 15.9. The van der Waals surface area contributed by atoms with Crippen LogP contribution >= 0.6 is 0 Å². The first kappa shape index (κ1) is 18.6. The van der Waals surface area contributed by atoms with Crippen LogP contribution in [0.15, 0.2) is 12.1 Å². The predicted octanol–water partition coefficient (Wildman–Crippen LogP) is 1.37. The van der Waals surface area contributed by atoms with Crippen LogP contribution < -0.4 is 4.90 Å². The van der Waals surface area contributed by atoms with Crippen LogP contribution in [-0.2, 0) is 14.3 Å². The Balaban J connectivity index is 1.73. The Morgan fingerprint density at radius 3 is 2.58 bits per heavy atom. The standard InChI is InChI=1S/C19H28N4O3/c1-14-11-16(21-7-9-22(10-8-21)19(25)13-26-3)12-17(20-14)18-5-4-6-23(18)15(2)24/h11-12,18H,4-10,13H2,1-3H3. The quantitative estimate of drug-likeness (QED) is 0.811. The Kier molecular flexibility index (Phi) is 5.76. The SMILES string of the molecule is COCC(=O)N1CCN(c2cc(C)nc(C3CCCN3C(C)=O)c2)CC1. The van der Waals surface area contributed by atoms with Crippen LogP contribution in [0.1, 0.15) is 37.2 Å². The average Bonchev–Trinajstić information content (AvgIpc) is 3.12. The molecule has 1 aromatic rings. The number of likely N-dealkylation sites (tertiary alicyclic amines) is 1. The van der Waals surface area contributed by atoms with Gasteiger partial charge in [0, 0.05) is 58.1 Å². The van der Waals surface area contributed by atoms with E-state index in [4.69, 9.17) is 9.72 Å². The van der Waals surface area contributed by atoms with E-state index in [1.54, 1.807) is 14.0 Å². The van der Waals surface area contributed by atoms with Gasteiger partial charge in [-0.2, -0.15) is 0 Å². The third-order valence-electron chi connectivity index (χ3n) is 5.22. The third kappa shape index (κ3) is 3.98. The highest BCUT2D eigenvalue weighted by Gasteiger charge is 2.30. The second-order valence-electron chi connectivity index (χ2n) is 7.06. The summed E-state index contributed by atoms with van der Waals surface area (Å²) in [6, 6.07) is 4.28. The molecule has 7 heteroatoms. The minimum Gasteiger partial charge on any atom is -0.375 e. The molecule has 7 nitrogen and oxygen atoms in total. The molecule has 0 aliphatic carbocycles. The van der Waals surface area contributed by atoms with Crippen molar-refractivity contribution in [3.05, 3.63) is 23.5 Å². The first-order valence-corrected chi connectivity index (χ1v) is 9.27. The molecule has 0 spiro atoms. The van der Waals surface area contributed by atoms with Gasteiger partial charge < -0.3 is 19.4 Å². The molecule has 2 fully saturated rings. The van der Waals surface area contributed by atoms with Crippen molar-refractivity contribution >= 4 is 17.5 Å². The van der Waals surface area contributed by atoms with Crippen LogP contribution in [0, 0.1) is 6.92 Å². The summed E-state index contributed by atoms with van der Waals surface area (Å²) < 4.78 is 4.94. The van der Waals surface area contributed by atoms with Crippen molar-refractivity contribution in [3.8, 4) is 0 Å². The fraction of sp³-hybridized carbons (Fsp3) is 0.632. The Morgan fingerprint density at radius 1 is 1.19 bits per heavy atom. The minimum absolute atomic E-state index is 0.0433. The molecule has 26 heavy (non-hydrogen) atoms. The number of ether oxygens (including phenoxy) is 1. The van der Waals surface area contributed by atoms with Crippen LogP contribution in [0.2, 0.25) is 0 Å². The molecular weight excluding hydrogens is 332 g/mol. The van der Waals surface area contributed by atoms with Gasteiger partial charge in [0.25, 0.3) is 0 Å². The zero-order valence-electron chi connectivity index (χ0n) is 15.9. The molecule has 3 heterocycles. The van der Waals surface area contributed by atoms with Crippen LogP contribution in [0.3, 0.4) is 0 Å². The average molecular weight is 360 g/mol. The van der Waals surface area contributed by atoms with Gasteiger partial charge in [-0.05, 0) is 31.9 Å². The molecule has 2 saturated heterocycles. The fourth-order valence-corrected chi connectivity index (χ4v) is 3.91. The first-order chi connectivity index (χ1) is 12.5. The van der Waals surface area contributed by atoms with E-state index in [-0.39, 0.29) is 24.5 Å². The lowest BCUT2D eigenvalue weighted by Gasteiger charge is -2.36. The van der Waals surface area contributed by atoms with E-state index in [0.717, 1.165) is 49.6 Å². The molecule has 1 aromatic heterocycles.